The maximum absolute atomic E-state index is 11.2. The lowest BCUT2D eigenvalue weighted by Crippen LogP contribution is -2.06. The summed E-state index contributed by atoms with van der Waals surface area (Å²) in [5, 5.41) is 8.99. The molecule has 15 heavy (non-hydrogen) atoms. The molecule has 0 aromatic carbocycles. The van der Waals surface area contributed by atoms with Crippen LogP contribution in [-0.2, 0) is 0 Å². The number of aromatic carboxylic acids is 1. The first-order chi connectivity index (χ1) is 7.00. The van der Waals surface area contributed by atoms with Gasteiger partial charge in [0.15, 0.2) is 5.78 Å². The van der Waals surface area contributed by atoms with E-state index in [-0.39, 0.29) is 17.5 Å². The maximum atomic E-state index is 11.2. The number of carboxylic acids is 1. The van der Waals surface area contributed by atoms with Gasteiger partial charge < -0.3 is 9.67 Å². The van der Waals surface area contributed by atoms with Crippen molar-refractivity contribution in [2.75, 3.05) is 0 Å². The van der Waals surface area contributed by atoms with Crippen molar-refractivity contribution in [3.05, 3.63) is 23.5 Å². The van der Waals surface area contributed by atoms with Crippen LogP contribution >= 0.6 is 0 Å². The van der Waals surface area contributed by atoms with Crippen molar-refractivity contribution in [2.24, 2.45) is 5.92 Å². The van der Waals surface area contributed by atoms with Gasteiger partial charge in [0.1, 0.15) is 5.69 Å². The second-order valence-corrected chi connectivity index (χ2v) is 4.16. The summed E-state index contributed by atoms with van der Waals surface area (Å²) in [6.45, 7) is 3.52. The van der Waals surface area contributed by atoms with Gasteiger partial charge in [-0.05, 0) is 25.3 Å². The lowest BCUT2D eigenvalue weighted by Gasteiger charge is -2.03. The molecule has 0 radical (unpaired) electrons. The number of ketones is 1. The van der Waals surface area contributed by atoms with Gasteiger partial charge in [0.2, 0.25) is 0 Å². The van der Waals surface area contributed by atoms with Gasteiger partial charge in [-0.3, -0.25) is 4.79 Å². The molecule has 4 nitrogen and oxygen atoms in total. The lowest BCUT2D eigenvalue weighted by molar-refractivity contribution is 0.0684. The molecule has 1 N–H and O–H groups in total. The Morgan fingerprint density at radius 2 is 2.13 bits per heavy atom. The van der Waals surface area contributed by atoms with Gasteiger partial charge in [-0.1, -0.05) is 6.92 Å². The molecule has 1 aliphatic carbocycles. The van der Waals surface area contributed by atoms with Gasteiger partial charge in [-0.15, -0.1) is 0 Å². The van der Waals surface area contributed by atoms with Crippen molar-refractivity contribution < 1.29 is 14.7 Å². The number of aromatic nitrogens is 1. The topological polar surface area (TPSA) is 59.3 Å². The predicted molar refractivity (Wildman–Crippen MR) is 54.2 cm³/mol. The number of carbonyl (C=O) groups excluding carboxylic acids is 1. The summed E-state index contributed by atoms with van der Waals surface area (Å²) in [7, 11) is 0. The molecule has 0 spiro atoms. The van der Waals surface area contributed by atoms with Crippen molar-refractivity contribution in [2.45, 2.75) is 26.3 Å². The molecule has 1 saturated carbocycles. The van der Waals surface area contributed by atoms with Gasteiger partial charge in [-0.2, -0.15) is 0 Å². The Morgan fingerprint density at radius 3 is 2.53 bits per heavy atom. The van der Waals surface area contributed by atoms with E-state index in [1.807, 2.05) is 0 Å². The Labute approximate surface area is 87.5 Å². The van der Waals surface area contributed by atoms with E-state index in [1.165, 1.54) is 13.0 Å². The van der Waals surface area contributed by atoms with E-state index in [0.29, 0.717) is 11.5 Å². The smallest absolute Gasteiger partial charge is 0.352 e. The van der Waals surface area contributed by atoms with E-state index in [2.05, 4.69) is 6.92 Å². The summed E-state index contributed by atoms with van der Waals surface area (Å²) in [5.41, 5.74) is 0.695. The summed E-state index contributed by atoms with van der Waals surface area (Å²) in [6.07, 6.45) is 2.65. The normalized spacial score (nSPS) is 23.9. The van der Waals surface area contributed by atoms with Crippen molar-refractivity contribution >= 4 is 11.8 Å². The van der Waals surface area contributed by atoms with E-state index in [4.69, 9.17) is 5.11 Å². The van der Waals surface area contributed by atoms with Crippen LogP contribution in [0.25, 0.3) is 0 Å². The highest BCUT2D eigenvalue weighted by atomic mass is 16.4. The molecule has 1 aromatic heterocycles. The Morgan fingerprint density at radius 1 is 1.53 bits per heavy atom. The third kappa shape index (κ3) is 1.67. The molecule has 0 saturated heterocycles. The Hall–Kier alpha value is -1.58. The van der Waals surface area contributed by atoms with E-state index < -0.39 is 5.97 Å². The number of nitrogens with zero attached hydrogens (tertiary/aromatic N) is 1. The first kappa shape index (κ1) is 9.96. The van der Waals surface area contributed by atoms with Crippen LogP contribution in [0.1, 0.15) is 47.2 Å². The molecule has 4 heteroatoms. The van der Waals surface area contributed by atoms with Crippen molar-refractivity contribution in [3.8, 4) is 0 Å². The van der Waals surface area contributed by atoms with Crippen LogP contribution in [0.2, 0.25) is 0 Å². The third-order valence-electron chi connectivity index (χ3n) is 2.90. The lowest BCUT2D eigenvalue weighted by atomic mass is 10.2. The first-order valence-corrected chi connectivity index (χ1v) is 4.97. The second-order valence-electron chi connectivity index (χ2n) is 4.16. The van der Waals surface area contributed by atoms with E-state index in [0.717, 1.165) is 6.42 Å². The van der Waals surface area contributed by atoms with E-state index >= 15 is 0 Å². The monoisotopic (exact) mass is 207 g/mol. The molecule has 2 atom stereocenters. The Balaban J connectivity index is 2.42. The van der Waals surface area contributed by atoms with Crippen LogP contribution in [-0.4, -0.2) is 21.4 Å². The van der Waals surface area contributed by atoms with Gasteiger partial charge in [0, 0.05) is 17.8 Å². The Bertz CT molecular complexity index is 433. The minimum Gasteiger partial charge on any atom is -0.477 e. The van der Waals surface area contributed by atoms with Crippen LogP contribution in [0, 0.1) is 5.92 Å². The molecule has 1 heterocycles. The van der Waals surface area contributed by atoms with Crippen molar-refractivity contribution in [1.29, 1.82) is 0 Å². The average molecular weight is 207 g/mol. The summed E-state index contributed by atoms with van der Waals surface area (Å²) >= 11 is 0. The number of carboxylic acid groups (broad SMARTS) is 1. The molecule has 80 valence electrons. The van der Waals surface area contributed by atoms with Crippen molar-refractivity contribution in [3.63, 3.8) is 0 Å². The number of carbonyl (C=O) groups is 2. The van der Waals surface area contributed by atoms with Gasteiger partial charge in [0.05, 0.1) is 0 Å². The minimum atomic E-state index is -0.971. The average Bonchev–Trinajstić information content (AvgIpc) is 2.72. The van der Waals surface area contributed by atoms with Crippen LogP contribution in [0.3, 0.4) is 0 Å². The molecule has 0 amide bonds. The second kappa shape index (κ2) is 3.22. The first-order valence-electron chi connectivity index (χ1n) is 4.97. The van der Waals surface area contributed by atoms with Crippen LogP contribution in [0.4, 0.5) is 0 Å². The Kier molecular flexibility index (Phi) is 2.14. The summed E-state index contributed by atoms with van der Waals surface area (Å²) in [4.78, 5) is 22.1. The summed E-state index contributed by atoms with van der Waals surface area (Å²) < 4.78 is 1.71. The van der Waals surface area contributed by atoms with Gasteiger partial charge in [-0.25, -0.2) is 4.79 Å². The standard InChI is InChI=1S/C11H13NO3/c1-6-3-9(6)12-5-8(7(2)13)4-10(12)11(14)15/h4-6,9H,3H2,1-2H3,(H,14,15). The number of hydrogen-bond acceptors (Lipinski definition) is 2. The molecule has 1 fully saturated rings. The quantitative estimate of drug-likeness (QED) is 0.771. The molecule has 2 rings (SSSR count). The number of rotatable bonds is 3. The van der Waals surface area contributed by atoms with Gasteiger partial charge >= 0.3 is 5.97 Å². The number of Topliss-reactive ketones (excluding diaryl/α,β-unsaturated/α-hetero) is 1. The van der Waals surface area contributed by atoms with Crippen LogP contribution in [0.15, 0.2) is 12.3 Å². The largest absolute Gasteiger partial charge is 0.477 e. The minimum absolute atomic E-state index is 0.0930. The summed E-state index contributed by atoms with van der Waals surface area (Å²) in [6, 6.07) is 1.71. The fourth-order valence-corrected chi connectivity index (χ4v) is 1.81. The van der Waals surface area contributed by atoms with E-state index in [9.17, 15) is 9.59 Å². The molecule has 1 aromatic rings. The zero-order valence-electron chi connectivity index (χ0n) is 8.73. The zero-order chi connectivity index (χ0) is 11.2. The van der Waals surface area contributed by atoms with Crippen molar-refractivity contribution in [1.82, 2.24) is 4.57 Å². The SMILES string of the molecule is CC(=O)c1cc(C(=O)O)n(C2CC2C)c1. The molecular weight excluding hydrogens is 194 g/mol. The fraction of sp³-hybridized carbons (Fsp3) is 0.455. The highest BCUT2D eigenvalue weighted by Gasteiger charge is 2.36. The predicted octanol–water partition coefficient (Wildman–Crippen LogP) is 1.97. The molecule has 0 aliphatic heterocycles. The summed E-state index contributed by atoms with van der Waals surface area (Å²) in [5.74, 6) is -0.554. The zero-order valence-corrected chi connectivity index (χ0v) is 8.73. The highest BCUT2D eigenvalue weighted by molar-refractivity contribution is 5.97. The number of hydrogen-bond donors (Lipinski definition) is 1. The molecule has 2 unspecified atom stereocenters. The van der Waals surface area contributed by atoms with Gasteiger partial charge in [0.25, 0.3) is 0 Å². The third-order valence-corrected chi connectivity index (χ3v) is 2.90. The maximum Gasteiger partial charge on any atom is 0.352 e. The van der Waals surface area contributed by atoms with Crippen LogP contribution in [0.5, 0.6) is 0 Å². The highest BCUT2D eigenvalue weighted by Crippen LogP contribution is 2.43. The van der Waals surface area contributed by atoms with E-state index in [1.54, 1.807) is 10.8 Å². The fourth-order valence-electron chi connectivity index (χ4n) is 1.81. The molecule has 1 aliphatic rings. The molecular formula is C11H13NO3. The molecule has 0 bridgehead atoms. The van der Waals surface area contributed by atoms with Crippen LogP contribution < -0.4 is 0 Å².